The predicted molar refractivity (Wildman–Crippen MR) is 92.0 cm³/mol. The van der Waals surface area contributed by atoms with Crippen molar-refractivity contribution in [2.24, 2.45) is 10.8 Å². The van der Waals surface area contributed by atoms with Crippen LogP contribution in [0, 0.1) is 0 Å². The molecule has 1 unspecified atom stereocenters. The van der Waals surface area contributed by atoms with Gasteiger partial charge < -0.3 is 10.7 Å². The van der Waals surface area contributed by atoms with Crippen LogP contribution >= 0.6 is 23.6 Å². The van der Waals surface area contributed by atoms with Crippen LogP contribution in [0.1, 0.15) is 16.0 Å². The highest BCUT2D eigenvalue weighted by molar-refractivity contribution is 7.80. The van der Waals surface area contributed by atoms with Gasteiger partial charge in [0.1, 0.15) is 0 Å². The lowest BCUT2D eigenvalue weighted by Gasteiger charge is -2.14. The Labute approximate surface area is 137 Å². The number of hydrogen-bond donors (Lipinski definition) is 3. The van der Waals surface area contributed by atoms with Gasteiger partial charge in [-0.2, -0.15) is 0 Å². The Morgan fingerprint density at radius 2 is 2.09 bits per heavy atom. The van der Waals surface area contributed by atoms with Crippen molar-refractivity contribution in [3.05, 3.63) is 57.8 Å². The van der Waals surface area contributed by atoms with Gasteiger partial charge in [-0.05, 0) is 29.2 Å². The highest BCUT2D eigenvalue weighted by Crippen LogP contribution is 2.25. The van der Waals surface area contributed by atoms with Gasteiger partial charge in [-0.1, -0.05) is 30.3 Å². The molecule has 1 atom stereocenters. The highest BCUT2D eigenvalue weighted by Gasteiger charge is 2.27. The van der Waals surface area contributed by atoms with Crippen LogP contribution < -0.4 is 16.6 Å². The van der Waals surface area contributed by atoms with E-state index in [0.717, 1.165) is 21.7 Å². The normalized spacial score (nSPS) is 17.2. The number of benzene rings is 1. The summed E-state index contributed by atoms with van der Waals surface area (Å²) in [6.45, 7) is 0. The molecule has 1 aliphatic heterocycles. The van der Waals surface area contributed by atoms with Crippen molar-refractivity contribution in [1.82, 2.24) is 10.7 Å². The zero-order chi connectivity index (χ0) is 15.5. The van der Waals surface area contributed by atoms with Crippen LogP contribution in [0.25, 0.3) is 0 Å². The fourth-order valence-corrected chi connectivity index (χ4v) is 3.36. The third kappa shape index (κ3) is 2.92. The zero-order valence-electron chi connectivity index (χ0n) is 11.6. The first-order chi connectivity index (χ1) is 10.7. The quantitative estimate of drug-likeness (QED) is 0.440. The lowest BCUT2D eigenvalue weighted by atomic mass is 10.0. The molecule has 112 valence electrons. The number of rotatable bonds is 2. The molecule has 4 N–H and O–H groups in total. The number of thiophene rings is 1. The van der Waals surface area contributed by atoms with E-state index < -0.39 is 6.17 Å². The van der Waals surface area contributed by atoms with E-state index in [0.29, 0.717) is 6.42 Å². The molecular formula is C15H14N4OS2. The second kappa shape index (κ2) is 6.35. The number of Topliss-reactive ketones (excluding diaryl/α,β-unsaturated/α-hetero) is 1. The van der Waals surface area contributed by atoms with Crippen LogP contribution in [0.2, 0.25) is 0 Å². The topological polar surface area (TPSA) is 79.5 Å². The minimum absolute atomic E-state index is 0.0387. The molecule has 0 radical (unpaired) electrons. The molecule has 22 heavy (non-hydrogen) atoms. The largest absolute Gasteiger partial charge is 0.334 e. The number of nitrogens with zero attached hydrogens (tertiary/aromatic N) is 1. The van der Waals surface area contributed by atoms with E-state index in [9.17, 15) is 4.79 Å². The van der Waals surface area contributed by atoms with E-state index in [1.54, 1.807) is 11.3 Å². The summed E-state index contributed by atoms with van der Waals surface area (Å²) < 4.78 is 0. The Hall–Kier alpha value is -2.09. The van der Waals surface area contributed by atoms with Gasteiger partial charge in [0.2, 0.25) is 0 Å². The van der Waals surface area contributed by atoms with E-state index in [4.69, 9.17) is 18.1 Å². The molecule has 0 aliphatic carbocycles. The van der Waals surface area contributed by atoms with Crippen LogP contribution in [-0.4, -0.2) is 22.8 Å². The molecule has 0 fully saturated rings. The molecule has 2 aromatic rings. The lowest BCUT2D eigenvalue weighted by molar-refractivity contribution is -0.119. The first kappa shape index (κ1) is 14.8. The lowest BCUT2D eigenvalue weighted by Crippen LogP contribution is -2.47. The van der Waals surface area contributed by atoms with Gasteiger partial charge in [0.25, 0.3) is 0 Å². The second-order valence-corrected chi connectivity index (χ2v) is 6.11. The number of aliphatic imine (C=N–C) groups is 1. The van der Waals surface area contributed by atoms with Crippen molar-refractivity contribution in [1.29, 1.82) is 0 Å². The van der Waals surface area contributed by atoms with Crippen LogP contribution in [0.5, 0.6) is 0 Å². The minimum Gasteiger partial charge on any atom is -0.334 e. The fourth-order valence-electron chi connectivity index (χ4n) is 2.31. The number of ketones is 1. The maximum atomic E-state index is 12.4. The summed E-state index contributed by atoms with van der Waals surface area (Å²) in [6, 6.07) is 11.8. The Kier molecular flexibility index (Phi) is 4.28. The Balaban J connectivity index is 2.07. The molecule has 1 aromatic heterocycles. The Morgan fingerprint density at radius 1 is 1.32 bits per heavy atom. The van der Waals surface area contributed by atoms with E-state index in [1.807, 2.05) is 41.8 Å². The van der Waals surface area contributed by atoms with Crippen molar-refractivity contribution in [3.63, 3.8) is 0 Å². The van der Waals surface area contributed by atoms with Crippen LogP contribution in [-0.2, 0) is 11.2 Å². The summed E-state index contributed by atoms with van der Waals surface area (Å²) in [6.07, 6.45) is -0.415. The Bertz CT molecular complexity index is 739. The molecule has 0 saturated heterocycles. The van der Waals surface area contributed by atoms with Gasteiger partial charge in [-0.15, -0.1) is 11.3 Å². The molecule has 1 aliphatic rings. The molecule has 1 aromatic carbocycles. The molecule has 5 nitrogen and oxygen atoms in total. The van der Waals surface area contributed by atoms with E-state index >= 15 is 0 Å². The van der Waals surface area contributed by atoms with E-state index in [-0.39, 0.29) is 10.9 Å². The van der Waals surface area contributed by atoms with Crippen LogP contribution in [0.15, 0.2) is 46.8 Å². The maximum absolute atomic E-state index is 12.4. The highest BCUT2D eigenvalue weighted by atomic mass is 32.1. The summed E-state index contributed by atoms with van der Waals surface area (Å²) in [7, 11) is 0. The van der Waals surface area contributed by atoms with Gasteiger partial charge >= 0.3 is 0 Å². The summed E-state index contributed by atoms with van der Waals surface area (Å²) in [5, 5.41) is 5.02. The van der Waals surface area contributed by atoms with Gasteiger partial charge in [0, 0.05) is 12.0 Å². The van der Waals surface area contributed by atoms with Crippen molar-refractivity contribution >= 4 is 40.2 Å². The predicted octanol–water partition coefficient (Wildman–Crippen LogP) is 1.37. The number of nitrogens with one attached hydrogen (secondary N) is 2. The maximum Gasteiger partial charge on any atom is 0.182 e. The number of hydrogen-bond acceptors (Lipinski definition) is 5. The number of nitrogens with two attached hydrogens (primary N) is 1. The van der Waals surface area contributed by atoms with Crippen molar-refractivity contribution in [2.75, 3.05) is 0 Å². The number of carbonyl (C=O) groups excluding carboxylic acids is 1. The van der Waals surface area contributed by atoms with Gasteiger partial charge in [-0.25, -0.2) is 5.84 Å². The summed E-state index contributed by atoms with van der Waals surface area (Å²) >= 11 is 6.57. The third-order valence-corrected chi connectivity index (χ3v) is 4.53. The molecule has 2 heterocycles. The number of fused-ring (bicyclic) bond motifs is 1. The summed E-state index contributed by atoms with van der Waals surface area (Å²) in [5.41, 5.74) is 5.09. The summed E-state index contributed by atoms with van der Waals surface area (Å²) in [4.78, 5) is 18.0. The van der Waals surface area contributed by atoms with Gasteiger partial charge in [0.05, 0.1) is 10.6 Å². The Morgan fingerprint density at radius 3 is 2.82 bits per heavy atom. The number of hydrazine groups is 1. The SMILES string of the molecule is NNC(=S)NC1N=C(c2ccccc2)c2sccc2CC1=O. The monoisotopic (exact) mass is 330 g/mol. The first-order valence-electron chi connectivity index (χ1n) is 6.69. The standard InChI is InChI=1S/C15H14N4OS2/c16-19-15(21)18-14-11(20)8-10-6-7-22-13(10)12(17-14)9-4-2-1-3-5-9/h1-7,14H,8,16H2,(H2,18,19,21). The van der Waals surface area contributed by atoms with Crippen LogP contribution in [0.4, 0.5) is 0 Å². The molecule has 0 bridgehead atoms. The minimum atomic E-state index is -0.738. The van der Waals surface area contributed by atoms with Crippen molar-refractivity contribution in [3.8, 4) is 0 Å². The van der Waals surface area contributed by atoms with Gasteiger partial charge in [0.15, 0.2) is 17.1 Å². The molecule has 7 heteroatoms. The second-order valence-electron chi connectivity index (χ2n) is 4.78. The van der Waals surface area contributed by atoms with E-state index in [2.05, 4.69) is 15.7 Å². The zero-order valence-corrected chi connectivity index (χ0v) is 13.2. The fraction of sp³-hybridized carbons (Fsp3) is 0.133. The molecular weight excluding hydrogens is 316 g/mol. The molecule has 0 amide bonds. The average molecular weight is 330 g/mol. The van der Waals surface area contributed by atoms with Crippen LogP contribution in [0.3, 0.4) is 0 Å². The number of carbonyl (C=O) groups is 1. The summed E-state index contributed by atoms with van der Waals surface area (Å²) in [5.74, 6) is 5.23. The molecule has 0 spiro atoms. The van der Waals surface area contributed by atoms with E-state index in [1.165, 1.54) is 0 Å². The smallest absolute Gasteiger partial charge is 0.182 e. The van der Waals surface area contributed by atoms with Crippen molar-refractivity contribution in [2.45, 2.75) is 12.6 Å². The number of thiocarbonyl (C=S) groups is 1. The molecule has 3 rings (SSSR count). The molecule has 0 saturated carbocycles. The van der Waals surface area contributed by atoms with Crippen molar-refractivity contribution < 1.29 is 4.79 Å². The van der Waals surface area contributed by atoms with Gasteiger partial charge in [-0.3, -0.25) is 9.79 Å². The first-order valence-corrected chi connectivity index (χ1v) is 7.97. The third-order valence-electron chi connectivity index (χ3n) is 3.34. The average Bonchev–Trinajstić information content (AvgIpc) is 2.94.